The second-order valence-electron chi connectivity index (χ2n) is 7.18. The first-order valence-corrected chi connectivity index (χ1v) is 9.50. The lowest BCUT2D eigenvalue weighted by Gasteiger charge is -2.10. The Balaban J connectivity index is 1.61. The van der Waals surface area contributed by atoms with Crippen LogP contribution in [0.4, 0.5) is 15.9 Å². The van der Waals surface area contributed by atoms with Gasteiger partial charge in [-0.3, -0.25) is 9.59 Å². The maximum atomic E-state index is 13.4. The molecule has 2 N–H and O–H groups in total. The number of rotatable bonds is 6. The number of amides is 2. The molecule has 0 aliphatic carbocycles. The zero-order valence-electron chi connectivity index (χ0n) is 16.6. The van der Waals surface area contributed by atoms with Gasteiger partial charge in [-0.1, -0.05) is 29.8 Å². The topological polar surface area (TPSA) is 85.2 Å². The number of fused-ring (bicyclic) bond motifs is 1. The summed E-state index contributed by atoms with van der Waals surface area (Å²) in [6.07, 6.45) is -0.0658. The molecule has 4 rings (SSSR count). The molecule has 2 heterocycles. The van der Waals surface area contributed by atoms with Gasteiger partial charge in [0.05, 0.1) is 18.7 Å². The minimum Gasteiger partial charge on any atom is -0.378 e. The van der Waals surface area contributed by atoms with Gasteiger partial charge in [0.15, 0.2) is 0 Å². The lowest BCUT2D eigenvalue weighted by Crippen LogP contribution is -2.24. The summed E-state index contributed by atoms with van der Waals surface area (Å²) in [5.74, 6) is -0.486. The van der Waals surface area contributed by atoms with Gasteiger partial charge >= 0.3 is 0 Å². The number of aryl methyl sites for hydroxylation is 1. The standard InChI is InChI=1S/C22H21FN4O3/c1-13-3-9-16(10-4-13)24-19(28)11-18-22(29)25-21-20(14-5-7-15(23)8-6-14)17(12-30-2)26-27(18)21/h3-10,18H,11-12H2,1-2H3,(H,24,28)(H,25,29). The molecule has 7 nitrogen and oxygen atoms in total. The van der Waals surface area contributed by atoms with E-state index in [1.807, 2.05) is 31.2 Å². The molecule has 154 valence electrons. The summed E-state index contributed by atoms with van der Waals surface area (Å²) in [4.78, 5) is 25.1. The van der Waals surface area contributed by atoms with Crippen LogP contribution >= 0.6 is 0 Å². The van der Waals surface area contributed by atoms with Gasteiger partial charge in [0, 0.05) is 18.4 Å². The summed E-state index contributed by atoms with van der Waals surface area (Å²) in [6.45, 7) is 2.18. The fourth-order valence-corrected chi connectivity index (χ4v) is 3.50. The number of benzene rings is 2. The highest BCUT2D eigenvalue weighted by Crippen LogP contribution is 2.39. The van der Waals surface area contributed by atoms with Gasteiger partial charge in [-0.05, 0) is 36.8 Å². The van der Waals surface area contributed by atoms with E-state index in [2.05, 4.69) is 15.7 Å². The van der Waals surface area contributed by atoms with Crippen LogP contribution in [0.1, 0.15) is 23.7 Å². The molecule has 0 saturated heterocycles. The predicted octanol–water partition coefficient (Wildman–Crippen LogP) is 3.67. The number of carbonyl (C=O) groups excluding carboxylic acids is 2. The van der Waals surface area contributed by atoms with Crippen molar-refractivity contribution in [2.45, 2.75) is 26.0 Å². The van der Waals surface area contributed by atoms with Crippen molar-refractivity contribution in [2.75, 3.05) is 17.7 Å². The van der Waals surface area contributed by atoms with Crippen molar-refractivity contribution in [2.24, 2.45) is 0 Å². The van der Waals surface area contributed by atoms with E-state index in [0.29, 0.717) is 28.3 Å². The first kappa shape index (κ1) is 19.8. The van der Waals surface area contributed by atoms with E-state index in [4.69, 9.17) is 4.74 Å². The van der Waals surface area contributed by atoms with E-state index in [1.54, 1.807) is 19.2 Å². The molecule has 0 saturated carbocycles. The van der Waals surface area contributed by atoms with Crippen LogP contribution in [-0.4, -0.2) is 28.7 Å². The first-order chi connectivity index (χ1) is 14.5. The van der Waals surface area contributed by atoms with E-state index in [-0.39, 0.29) is 30.7 Å². The number of anilines is 2. The van der Waals surface area contributed by atoms with E-state index in [0.717, 1.165) is 5.56 Å². The van der Waals surface area contributed by atoms with E-state index in [1.165, 1.54) is 16.8 Å². The van der Waals surface area contributed by atoms with Crippen LogP contribution in [0.2, 0.25) is 0 Å². The Morgan fingerprint density at radius 3 is 2.57 bits per heavy atom. The third kappa shape index (κ3) is 3.81. The highest BCUT2D eigenvalue weighted by molar-refractivity contribution is 6.04. The monoisotopic (exact) mass is 408 g/mol. The SMILES string of the molecule is COCc1nn2c(c1-c1ccc(F)cc1)NC(=O)C2CC(=O)Nc1ccc(C)cc1. The van der Waals surface area contributed by atoms with E-state index < -0.39 is 6.04 Å². The van der Waals surface area contributed by atoms with Crippen molar-refractivity contribution in [3.8, 4) is 11.1 Å². The minimum atomic E-state index is -0.782. The number of halogens is 1. The zero-order valence-corrected chi connectivity index (χ0v) is 16.6. The van der Waals surface area contributed by atoms with Crippen molar-refractivity contribution in [3.05, 3.63) is 65.6 Å². The third-order valence-electron chi connectivity index (χ3n) is 4.95. The number of carbonyl (C=O) groups is 2. The fourth-order valence-electron chi connectivity index (χ4n) is 3.50. The van der Waals surface area contributed by atoms with Gasteiger partial charge in [0.25, 0.3) is 5.91 Å². The molecule has 2 aromatic carbocycles. The smallest absolute Gasteiger partial charge is 0.251 e. The number of methoxy groups -OCH3 is 1. The molecule has 2 amide bonds. The molecule has 30 heavy (non-hydrogen) atoms. The summed E-state index contributed by atoms with van der Waals surface area (Å²) < 4.78 is 20.1. The van der Waals surface area contributed by atoms with E-state index >= 15 is 0 Å². The second kappa shape index (κ2) is 8.08. The molecule has 1 aromatic heterocycles. The molecule has 0 bridgehead atoms. The molecular weight excluding hydrogens is 387 g/mol. The Morgan fingerprint density at radius 1 is 1.20 bits per heavy atom. The largest absolute Gasteiger partial charge is 0.378 e. The van der Waals surface area contributed by atoms with Crippen LogP contribution in [0.25, 0.3) is 11.1 Å². The predicted molar refractivity (Wildman–Crippen MR) is 110 cm³/mol. The Morgan fingerprint density at radius 2 is 1.90 bits per heavy atom. The Labute approximate surface area is 172 Å². The van der Waals surface area contributed by atoms with Crippen LogP contribution in [0.15, 0.2) is 48.5 Å². The molecule has 1 aliphatic rings. The normalized spacial score (nSPS) is 15.0. The highest BCUT2D eigenvalue weighted by atomic mass is 19.1. The first-order valence-electron chi connectivity index (χ1n) is 9.50. The van der Waals surface area contributed by atoms with Gasteiger partial charge in [0.2, 0.25) is 5.91 Å². The number of hydrogen-bond acceptors (Lipinski definition) is 4. The Hall–Kier alpha value is -3.52. The molecule has 3 aromatic rings. The van der Waals surface area contributed by atoms with Gasteiger partial charge in [-0.2, -0.15) is 5.10 Å². The van der Waals surface area contributed by atoms with E-state index in [9.17, 15) is 14.0 Å². The third-order valence-corrected chi connectivity index (χ3v) is 4.95. The summed E-state index contributed by atoms with van der Waals surface area (Å²) in [6, 6.07) is 12.6. The lowest BCUT2D eigenvalue weighted by molar-refractivity contribution is -0.123. The van der Waals surface area contributed by atoms with Crippen LogP contribution in [0.3, 0.4) is 0 Å². The van der Waals surface area contributed by atoms with Crippen molar-refractivity contribution >= 4 is 23.3 Å². The average Bonchev–Trinajstić information content (AvgIpc) is 3.20. The maximum Gasteiger partial charge on any atom is 0.251 e. The van der Waals surface area contributed by atoms with Crippen molar-refractivity contribution in [1.82, 2.24) is 9.78 Å². The molecule has 1 unspecified atom stereocenters. The number of aromatic nitrogens is 2. The zero-order chi connectivity index (χ0) is 21.3. The van der Waals surface area contributed by atoms with Gasteiger partial charge < -0.3 is 15.4 Å². The minimum absolute atomic E-state index is 0.0658. The average molecular weight is 408 g/mol. The second-order valence-corrected chi connectivity index (χ2v) is 7.18. The number of ether oxygens (including phenoxy) is 1. The summed E-state index contributed by atoms with van der Waals surface area (Å²) in [5.41, 5.74) is 3.71. The van der Waals surface area contributed by atoms with Crippen LogP contribution < -0.4 is 10.6 Å². The summed E-state index contributed by atoms with van der Waals surface area (Å²) >= 11 is 0. The van der Waals surface area contributed by atoms with Gasteiger partial charge in [0.1, 0.15) is 17.7 Å². The van der Waals surface area contributed by atoms with Crippen molar-refractivity contribution < 1.29 is 18.7 Å². The van der Waals surface area contributed by atoms with Crippen LogP contribution in [0.5, 0.6) is 0 Å². The molecule has 1 aliphatic heterocycles. The molecule has 8 heteroatoms. The summed E-state index contributed by atoms with van der Waals surface area (Å²) in [5, 5.41) is 10.1. The summed E-state index contributed by atoms with van der Waals surface area (Å²) in [7, 11) is 1.55. The van der Waals surface area contributed by atoms with Crippen molar-refractivity contribution in [3.63, 3.8) is 0 Å². The maximum absolute atomic E-state index is 13.4. The molecule has 0 radical (unpaired) electrons. The quantitative estimate of drug-likeness (QED) is 0.652. The van der Waals surface area contributed by atoms with Crippen LogP contribution in [0, 0.1) is 12.7 Å². The molecule has 1 atom stereocenters. The highest BCUT2D eigenvalue weighted by Gasteiger charge is 2.37. The van der Waals surface area contributed by atoms with Gasteiger partial charge in [-0.25, -0.2) is 9.07 Å². The number of nitrogens with one attached hydrogen (secondary N) is 2. The Kier molecular flexibility index (Phi) is 5.33. The fraction of sp³-hybridized carbons (Fsp3) is 0.227. The number of hydrogen-bond donors (Lipinski definition) is 2. The van der Waals surface area contributed by atoms with Crippen molar-refractivity contribution in [1.29, 1.82) is 0 Å². The molecule has 0 spiro atoms. The number of nitrogens with zero attached hydrogens (tertiary/aromatic N) is 2. The lowest BCUT2D eigenvalue weighted by atomic mass is 10.1. The molecule has 0 fully saturated rings. The Bertz CT molecular complexity index is 1090. The molecular formula is C22H21FN4O3. The van der Waals surface area contributed by atoms with Gasteiger partial charge in [-0.15, -0.1) is 0 Å². The van der Waals surface area contributed by atoms with Crippen LogP contribution in [-0.2, 0) is 20.9 Å².